The first kappa shape index (κ1) is 25.9. The highest BCUT2D eigenvalue weighted by molar-refractivity contribution is 7.22. The molecule has 0 radical (unpaired) electrons. The molecule has 0 saturated carbocycles. The Bertz CT molecular complexity index is 1480. The molecule has 1 aliphatic rings. The lowest BCUT2D eigenvalue weighted by Gasteiger charge is -2.34. The van der Waals surface area contributed by atoms with E-state index in [0.29, 0.717) is 5.13 Å². The molecule has 0 aliphatic carbocycles. The number of carbonyl (C=O) groups excluding carboxylic acids is 2. The fourth-order valence-electron chi connectivity index (χ4n) is 3.86. The van der Waals surface area contributed by atoms with Crippen molar-refractivity contribution in [2.45, 2.75) is 6.36 Å². The monoisotopic (exact) mass is 562 g/mol. The maximum Gasteiger partial charge on any atom is 0.573 e. The van der Waals surface area contributed by atoms with Gasteiger partial charge >= 0.3 is 6.36 Å². The highest BCUT2D eigenvalue weighted by atomic mass is 32.1. The Hall–Kier alpha value is -3.75. The summed E-state index contributed by atoms with van der Waals surface area (Å²) in [6.45, 7) is 3.86. The number of aromatic nitrogens is 2. The van der Waals surface area contributed by atoms with Gasteiger partial charge in [-0.25, -0.2) is 9.97 Å². The quantitative estimate of drug-likeness (QED) is 0.345. The van der Waals surface area contributed by atoms with Gasteiger partial charge in [0.1, 0.15) is 11.4 Å². The van der Waals surface area contributed by atoms with Crippen LogP contribution in [0, 0.1) is 0 Å². The third kappa shape index (κ3) is 6.03. The van der Waals surface area contributed by atoms with E-state index in [1.54, 1.807) is 0 Å². The van der Waals surface area contributed by atoms with Crippen LogP contribution >= 0.6 is 22.7 Å². The van der Waals surface area contributed by atoms with Crippen LogP contribution in [0.5, 0.6) is 5.75 Å². The maximum atomic E-state index is 12.7. The molecule has 14 heteroatoms. The third-order valence-electron chi connectivity index (χ3n) is 5.78. The Kier molecular flexibility index (Phi) is 7.19. The number of anilines is 3. The maximum absolute atomic E-state index is 12.7. The summed E-state index contributed by atoms with van der Waals surface area (Å²) in [5.74, 6) is -2.02. The van der Waals surface area contributed by atoms with Gasteiger partial charge in [0.2, 0.25) is 0 Å². The summed E-state index contributed by atoms with van der Waals surface area (Å²) in [6, 6.07) is 11.0. The number of para-hydroxylation sites is 1. The number of carbonyl (C=O) groups is 2. The minimum absolute atomic E-state index is 0.0301. The van der Waals surface area contributed by atoms with Crippen LogP contribution in [0.3, 0.4) is 0 Å². The molecule has 5 rings (SSSR count). The van der Waals surface area contributed by atoms with Crippen molar-refractivity contribution in [1.29, 1.82) is 0 Å². The number of benzene rings is 2. The molecular weight excluding hydrogens is 541 g/mol. The molecule has 3 heterocycles. The summed E-state index contributed by atoms with van der Waals surface area (Å²) in [5.41, 5.74) is 1.57. The van der Waals surface area contributed by atoms with Crippen molar-refractivity contribution < 1.29 is 27.5 Å². The van der Waals surface area contributed by atoms with Crippen LogP contribution in [-0.2, 0) is 0 Å². The highest BCUT2D eigenvalue weighted by Gasteiger charge is 2.33. The van der Waals surface area contributed by atoms with Crippen LogP contribution in [0.15, 0.2) is 47.8 Å². The molecule has 2 amide bonds. The number of nitrogens with one attached hydrogen (secondary N) is 2. The van der Waals surface area contributed by atoms with Gasteiger partial charge in [0.15, 0.2) is 10.3 Å². The standard InChI is InChI=1S/C24H21F3N6O3S2/c1-32-8-10-33(11-9-32)14-6-7-16-19(12-14)38-23(28-16)31-21(35)17-13-37-22(29-17)30-20(34)15-4-2-3-5-18(15)36-24(25,26)27/h2-7,12-13H,8-11H2,1H3,(H,28,31,35)(H,29,30,34). The average Bonchev–Trinajstić information content (AvgIpc) is 3.50. The van der Waals surface area contributed by atoms with Crippen LogP contribution in [0.1, 0.15) is 20.8 Å². The van der Waals surface area contributed by atoms with E-state index in [0.717, 1.165) is 59.5 Å². The SMILES string of the molecule is CN1CCN(c2ccc3nc(NC(=O)c4csc(NC(=O)c5ccccc5OC(F)(F)F)n4)sc3c2)CC1. The first-order valence-corrected chi connectivity index (χ1v) is 13.1. The van der Waals surface area contributed by atoms with E-state index in [4.69, 9.17) is 0 Å². The van der Waals surface area contributed by atoms with Gasteiger partial charge in [-0.15, -0.1) is 24.5 Å². The van der Waals surface area contributed by atoms with E-state index in [1.165, 1.54) is 34.9 Å². The molecule has 0 unspecified atom stereocenters. The zero-order valence-corrected chi connectivity index (χ0v) is 21.5. The largest absolute Gasteiger partial charge is 0.573 e. The number of thiazole rings is 2. The Morgan fingerprint density at radius 3 is 2.47 bits per heavy atom. The van der Waals surface area contributed by atoms with E-state index in [9.17, 15) is 22.8 Å². The number of hydrogen-bond acceptors (Lipinski definition) is 9. The van der Waals surface area contributed by atoms with Gasteiger partial charge in [-0.05, 0) is 37.4 Å². The second kappa shape index (κ2) is 10.6. The van der Waals surface area contributed by atoms with Gasteiger partial charge in [0.25, 0.3) is 11.8 Å². The summed E-state index contributed by atoms with van der Waals surface area (Å²) in [4.78, 5) is 38.4. The number of fused-ring (bicyclic) bond motifs is 1. The molecule has 2 aromatic carbocycles. The van der Waals surface area contributed by atoms with Crippen LogP contribution in [0.25, 0.3) is 10.2 Å². The minimum Gasteiger partial charge on any atom is -0.405 e. The minimum atomic E-state index is -4.95. The molecule has 1 aliphatic heterocycles. The number of rotatable bonds is 6. The zero-order valence-electron chi connectivity index (χ0n) is 19.9. The first-order valence-electron chi connectivity index (χ1n) is 11.4. The van der Waals surface area contributed by atoms with Gasteiger partial charge in [-0.3, -0.25) is 20.2 Å². The van der Waals surface area contributed by atoms with Crippen LogP contribution in [0.2, 0.25) is 0 Å². The summed E-state index contributed by atoms with van der Waals surface area (Å²) >= 11 is 2.30. The highest BCUT2D eigenvalue weighted by Crippen LogP contribution is 2.31. The summed E-state index contributed by atoms with van der Waals surface area (Å²) in [5, 5.41) is 7.00. The lowest BCUT2D eigenvalue weighted by atomic mass is 10.2. The fourth-order valence-corrected chi connectivity index (χ4v) is 5.44. The molecule has 2 aromatic heterocycles. The molecule has 0 atom stereocenters. The Balaban J connectivity index is 1.24. The van der Waals surface area contributed by atoms with Gasteiger partial charge < -0.3 is 14.5 Å². The number of halogens is 3. The number of nitrogens with zero attached hydrogens (tertiary/aromatic N) is 4. The average molecular weight is 563 g/mol. The first-order chi connectivity index (χ1) is 18.1. The van der Waals surface area contributed by atoms with Crippen molar-refractivity contribution in [1.82, 2.24) is 14.9 Å². The summed E-state index contributed by atoms with van der Waals surface area (Å²) in [7, 11) is 2.10. The Morgan fingerprint density at radius 1 is 0.974 bits per heavy atom. The van der Waals surface area contributed by atoms with E-state index < -0.39 is 23.9 Å². The lowest BCUT2D eigenvalue weighted by Crippen LogP contribution is -2.44. The smallest absolute Gasteiger partial charge is 0.405 e. The summed E-state index contributed by atoms with van der Waals surface area (Å²) < 4.78 is 42.8. The van der Waals surface area contributed by atoms with Crippen molar-refractivity contribution in [3.8, 4) is 5.75 Å². The molecule has 1 fully saturated rings. The molecular formula is C24H21F3N6O3S2. The van der Waals surface area contributed by atoms with E-state index in [2.05, 4.69) is 48.3 Å². The van der Waals surface area contributed by atoms with Gasteiger partial charge in [-0.2, -0.15) is 0 Å². The second-order valence-electron chi connectivity index (χ2n) is 8.45. The van der Waals surface area contributed by atoms with Crippen LogP contribution < -0.4 is 20.3 Å². The molecule has 0 spiro atoms. The fraction of sp³-hybridized carbons (Fsp3) is 0.250. The van der Waals surface area contributed by atoms with Gasteiger partial charge in [0.05, 0.1) is 15.8 Å². The van der Waals surface area contributed by atoms with Crippen molar-refractivity contribution in [2.24, 2.45) is 0 Å². The van der Waals surface area contributed by atoms with Gasteiger partial charge in [-0.1, -0.05) is 23.5 Å². The predicted molar refractivity (Wildman–Crippen MR) is 140 cm³/mol. The van der Waals surface area contributed by atoms with Crippen LogP contribution in [0.4, 0.5) is 29.1 Å². The normalized spacial score (nSPS) is 14.5. The van der Waals surface area contributed by atoms with Crippen molar-refractivity contribution in [2.75, 3.05) is 48.8 Å². The summed E-state index contributed by atoms with van der Waals surface area (Å²) in [6.07, 6.45) is -4.95. The Morgan fingerprint density at radius 2 is 1.71 bits per heavy atom. The van der Waals surface area contributed by atoms with Crippen LogP contribution in [-0.4, -0.2) is 66.3 Å². The molecule has 198 valence electrons. The molecule has 38 heavy (non-hydrogen) atoms. The Labute approximate surface area is 222 Å². The number of ether oxygens (including phenoxy) is 1. The number of likely N-dealkylation sites (N-methyl/N-ethyl adjacent to an activating group) is 1. The lowest BCUT2D eigenvalue weighted by molar-refractivity contribution is -0.274. The topological polar surface area (TPSA) is 99.7 Å². The van der Waals surface area contributed by atoms with E-state index in [1.807, 2.05) is 12.1 Å². The van der Waals surface area contributed by atoms with Gasteiger partial charge in [0, 0.05) is 37.2 Å². The van der Waals surface area contributed by atoms with E-state index in [-0.39, 0.29) is 16.4 Å². The van der Waals surface area contributed by atoms with E-state index >= 15 is 0 Å². The molecule has 0 bridgehead atoms. The van der Waals surface area contributed by atoms with Crippen molar-refractivity contribution in [3.63, 3.8) is 0 Å². The molecule has 2 N–H and O–H groups in total. The predicted octanol–water partition coefficient (Wildman–Crippen LogP) is 4.91. The van der Waals surface area contributed by atoms with Crippen molar-refractivity contribution in [3.05, 3.63) is 59.1 Å². The molecule has 4 aromatic rings. The number of amides is 2. The number of hydrogen-bond donors (Lipinski definition) is 2. The molecule has 9 nitrogen and oxygen atoms in total. The second-order valence-corrected chi connectivity index (χ2v) is 10.3. The van der Waals surface area contributed by atoms with Crippen molar-refractivity contribution >= 4 is 60.7 Å². The molecule has 1 saturated heterocycles. The zero-order chi connectivity index (χ0) is 26.9. The number of piperazine rings is 1. The third-order valence-corrected chi connectivity index (χ3v) is 7.47. The number of alkyl halides is 3.